The van der Waals surface area contributed by atoms with Gasteiger partial charge in [0.25, 0.3) is 15.9 Å². The Hall–Kier alpha value is -3.27. The summed E-state index contributed by atoms with van der Waals surface area (Å²) in [4.78, 5) is 25.2. The lowest BCUT2D eigenvalue weighted by atomic mass is 10.2. The first kappa shape index (κ1) is 24.8. The minimum absolute atomic E-state index is 0.0227. The Labute approximate surface area is 212 Å². The van der Waals surface area contributed by atoms with Crippen LogP contribution in [0.25, 0.3) is 0 Å². The van der Waals surface area contributed by atoms with Crippen LogP contribution in [0.5, 0.6) is 5.75 Å². The van der Waals surface area contributed by atoms with Gasteiger partial charge in [-0.1, -0.05) is 35.3 Å². The molecule has 1 aliphatic heterocycles. The number of carbonyl (C=O) groups excluding carboxylic acids is 2. The van der Waals surface area contributed by atoms with Gasteiger partial charge in [-0.25, -0.2) is 13.2 Å². The lowest BCUT2D eigenvalue weighted by molar-refractivity contribution is -0.122. The summed E-state index contributed by atoms with van der Waals surface area (Å²) < 4.78 is 38.8. The second-order valence-corrected chi connectivity index (χ2v) is 10.2. The quantitative estimate of drug-likeness (QED) is 0.457. The number of para-hydroxylation sites is 2. The van der Waals surface area contributed by atoms with Crippen LogP contribution in [0.3, 0.4) is 0 Å². The molecule has 3 aromatic rings. The molecule has 1 aliphatic rings. The third-order valence-corrected chi connectivity index (χ3v) is 7.53. The molecule has 182 valence electrons. The van der Waals surface area contributed by atoms with Gasteiger partial charge in [-0.15, -0.1) is 0 Å². The molecule has 0 unspecified atom stereocenters. The van der Waals surface area contributed by atoms with Gasteiger partial charge in [0.2, 0.25) is 0 Å². The smallest absolute Gasteiger partial charge is 0.339 e. The minimum Gasteiger partial charge on any atom is -0.476 e. The molecule has 35 heavy (non-hydrogen) atoms. The van der Waals surface area contributed by atoms with Crippen LogP contribution in [0.15, 0.2) is 71.6 Å². The molecule has 1 atom stereocenters. The molecule has 1 N–H and O–H groups in total. The summed E-state index contributed by atoms with van der Waals surface area (Å²) in [6.45, 7) is 1.56. The first-order valence-corrected chi connectivity index (χ1v) is 12.7. The summed E-state index contributed by atoms with van der Waals surface area (Å²) in [6.07, 6.45) is -1.17. The molecule has 1 heterocycles. The van der Waals surface area contributed by atoms with E-state index in [1.807, 2.05) is 0 Å². The fraction of sp³-hybridized carbons (Fsp3) is 0.167. The molecule has 0 saturated heterocycles. The zero-order chi connectivity index (χ0) is 25.2. The Balaban J connectivity index is 1.62. The second-order valence-electron chi connectivity index (χ2n) is 7.47. The third-order valence-electron chi connectivity index (χ3n) is 5.16. The maximum absolute atomic E-state index is 13.4. The molecule has 3 aromatic carbocycles. The summed E-state index contributed by atoms with van der Waals surface area (Å²) >= 11 is 12.0. The maximum Gasteiger partial charge on any atom is 0.339 e. The number of amides is 1. The summed E-state index contributed by atoms with van der Waals surface area (Å²) in [5.74, 6) is -0.996. The summed E-state index contributed by atoms with van der Waals surface area (Å²) in [5, 5.41) is 3.22. The number of nitrogens with zero attached hydrogens (tertiary/aromatic N) is 1. The van der Waals surface area contributed by atoms with E-state index >= 15 is 0 Å². The van der Waals surface area contributed by atoms with Crippen molar-refractivity contribution >= 4 is 56.5 Å². The summed E-state index contributed by atoms with van der Waals surface area (Å²) in [6, 6.07) is 16.7. The van der Waals surface area contributed by atoms with Crippen molar-refractivity contribution in [3.8, 4) is 5.75 Å². The standard InChI is InChI=1S/C24H20Cl2N2O6S/c1-2-33-24(30)18-13-16(9-12-19(18)26)27-23(29)22-14-28(20-5-3-4-6-21(20)34-22)35(31,32)17-10-7-15(25)8-11-17/h3-13,22H,2,14H2,1H3,(H,27,29)/t22-/m0/s1. The van der Waals surface area contributed by atoms with E-state index < -0.39 is 28.0 Å². The molecule has 0 bridgehead atoms. The number of halogens is 2. The predicted molar refractivity (Wildman–Crippen MR) is 133 cm³/mol. The van der Waals surface area contributed by atoms with Crippen molar-refractivity contribution in [2.45, 2.75) is 17.9 Å². The van der Waals surface area contributed by atoms with Crippen LogP contribution in [-0.4, -0.2) is 39.5 Å². The summed E-state index contributed by atoms with van der Waals surface area (Å²) in [5.41, 5.74) is 0.674. The fourth-order valence-corrected chi connectivity index (χ4v) is 5.29. The van der Waals surface area contributed by atoms with Crippen LogP contribution < -0.4 is 14.4 Å². The summed E-state index contributed by atoms with van der Waals surface area (Å²) in [7, 11) is -4.03. The van der Waals surface area contributed by atoms with Crippen molar-refractivity contribution in [1.82, 2.24) is 0 Å². The highest BCUT2D eigenvalue weighted by molar-refractivity contribution is 7.92. The van der Waals surface area contributed by atoms with Crippen LogP contribution in [-0.2, 0) is 19.6 Å². The lowest BCUT2D eigenvalue weighted by Gasteiger charge is -2.34. The van der Waals surface area contributed by atoms with E-state index in [1.54, 1.807) is 31.2 Å². The van der Waals surface area contributed by atoms with E-state index in [9.17, 15) is 18.0 Å². The van der Waals surface area contributed by atoms with E-state index in [1.165, 1.54) is 42.5 Å². The number of sulfonamides is 1. The highest BCUT2D eigenvalue weighted by atomic mass is 35.5. The van der Waals surface area contributed by atoms with Crippen molar-refractivity contribution in [2.75, 3.05) is 22.8 Å². The van der Waals surface area contributed by atoms with Crippen molar-refractivity contribution < 1.29 is 27.5 Å². The average Bonchev–Trinajstić information content (AvgIpc) is 2.84. The van der Waals surface area contributed by atoms with Gasteiger partial charge in [0.15, 0.2) is 6.10 Å². The van der Waals surface area contributed by atoms with Gasteiger partial charge in [0.1, 0.15) is 5.75 Å². The Morgan fingerprint density at radius 2 is 1.80 bits per heavy atom. The number of rotatable bonds is 6. The second kappa shape index (κ2) is 10.2. The van der Waals surface area contributed by atoms with Crippen molar-refractivity contribution in [3.63, 3.8) is 0 Å². The number of hydrogen-bond donors (Lipinski definition) is 1. The number of nitrogens with one attached hydrogen (secondary N) is 1. The van der Waals surface area contributed by atoms with Crippen LogP contribution in [0.1, 0.15) is 17.3 Å². The minimum atomic E-state index is -4.03. The molecule has 8 nitrogen and oxygen atoms in total. The Bertz CT molecular complexity index is 1380. The highest BCUT2D eigenvalue weighted by Crippen LogP contribution is 2.37. The zero-order valence-electron chi connectivity index (χ0n) is 18.4. The van der Waals surface area contributed by atoms with Crippen LogP contribution in [0, 0.1) is 0 Å². The topological polar surface area (TPSA) is 102 Å². The molecule has 4 rings (SSSR count). The van der Waals surface area contributed by atoms with Crippen molar-refractivity contribution in [3.05, 3.63) is 82.3 Å². The van der Waals surface area contributed by atoms with Gasteiger partial charge < -0.3 is 14.8 Å². The van der Waals surface area contributed by atoms with E-state index in [0.717, 1.165) is 4.31 Å². The third kappa shape index (κ3) is 5.22. The average molecular weight is 535 g/mol. The first-order valence-electron chi connectivity index (χ1n) is 10.5. The van der Waals surface area contributed by atoms with E-state index in [4.69, 9.17) is 32.7 Å². The molecular weight excluding hydrogens is 515 g/mol. The highest BCUT2D eigenvalue weighted by Gasteiger charge is 2.37. The SMILES string of the molecule is CCOC(=O)c1cc(NC(=O)[C@@H]2CN(S(=O)(=O)c3ccc(Cl)cc3)c3ccccc3O2)ccc1Cl. The van der Waals surface area contributed by atoms with Crippen molar-refractivity contribution in [1.29, 1.82) is 0 Å². The van der Waals surface area contributed by atoms with Gasteiger partial charge in [0.05, 0.1) is 34.3 Å². The molecule has 0 radical (unpaired) electrons. The number of ether oxygens (including phenoxy) is 2. The monoisotopic (exact) mass is 534 g/mol. The predicted octanol–water partition coefficient (Wildman–Crippen LogP) is 4.77. The van der Waals surface area contributed by atoms with E-state index in [0.29, 0.717) is 10.7 Å². The normalized spacial score (nSPS) is 15.1. The molecule has 11 heteroatoms. The Morgan fingerprint density at radius 3 is 2.51 bits per heavy atom. The first-order chi connectivity index (χ1) is 16.7. The van der Waals surface area contributed by atoms with E-state index in [-0.39, 0.29) is 40.1 Å². The maximum atomic E-state index is 13.4. The molecule has 0 fully saturated rings. The lowest BCUT2D eigenvalue weighted by Crippen LogP contribution is -2.48. The number of fused-ring (bicyclic) bond motifs is 1. The van der Waals surface area contributed by atoms with Gasteiger partial charge in [0, 0.05) is 10.7 Å². The number of benzene rings is 3. The molecular formula is C24H20Cl2N2O6S. The van der Waals surface area contributed by atoms with E-state index in [2.05, 4.69) is 5.32 Å². The fourth-order valence-electron chi connectivity index (χ4n) is 3.49. The van der Waals surface area contributed by atoms with Crippen LogP contribution in [0.4, 0.5) is 11.4 Å². The number of anilines is 2. The van der Waals surface area contributed by atoms with Gasteiger partial charge in [-0.3, -0.25) is 9.10 Å². The van der Waals surface area contributed by atoms with Crippen LogP contribution >= 0.6 is 23.2 Å². The molecule has 0 aliphatic carbocycles. The molecule has 0 aromatic heterocycles. The zero-order valence-corrected chi connectivity index (χ0v) is 20.7. The number of esters is 1. The number of carbonyl (C=O) groups is 2. The molecule has 0 saturated carbocycles. The molecule has 1 amide bonds. The van der Waals surface area contributed by atoms with Gasteiger partial charge >= 0.3 is 5.97 Å². The van der Waals surface area contributed by atoms with Crippen LogP contribution in [0.2, 0.25) is 10.0 Å². The van der Waals surface area contributed by atoms with Gasteiger partial charge in [-0.2, -0.15) is 0 Å². The molecule has 0 spiro atoms. The van der Waals surface area contributed by atoms with Gasteiger partial charge in [-0.05, 0) is 61.5 Å². The van der Waals surface area contributed by atoms with Crippen molar-refractivity contribution in [2.24, 2.45) is 0 Å². The largest absolute Gasteiger partial charge is 0.476 e. The number of hydrogen-bond acceptors (Lipinski definition) is 6. The Kier molecular flexibility index (Phi) is 7.20. The Morgan fingerprint density at radius 1 is 1.09 bits per heavy atom.